The van der Waals surface area contributed by atoms with Crippen LogP contribution in [0.1, 0.15) is 457 Å². The highest BCUT2D eigenvalue weighted by molar-refractivity contribution is 5.71. The van der Waals surface area contributed by atoms with Gasteiger partial charge in [0.2, 0.25) is 0 Å². The molecule has 0 radical (unpaired) electrons. The molecule has 6 heteroatoms. The predicted molar refractivity (Wildman–Crippen MR) is 363 cm³/mol. The molecule has 1 unspecified atom stereocenters. The topological polar surface area (TPSA) is 78.9 Å². The van der Waals surface area contributed by atoms with Crippen molar-refractivity contribution < 1.29 is 28.6 Å². The predicted octanol–water partition coefficient (Wildman–Crippen LogP) is 26.6. The van der Waals surface area contributed by atoms with Crippen LogP contribution in [-0.2, 0) is 28.6 Å². The molecule has 0 aromatic rings. The molecule has 0 aliphatic heterocycles. The molecule has 0 heterocycles. The molecule has 0 aliphatic carbocycles. The fraction of sp³-hybridized carbons (Fsp3) is 0.961. The van der Waals surface area contributed by atoms with Crippen molar-refractivity contribution in [3.63, 3.8) is 0 Å². The number of unbranched alkanes of at least 4 members (excludes halogenated alkanes) is 62. The van der Waals surface area contributed by atoms with Gasteiger partial charge in [-0.2, -0.15) is 0 Å². The van der Waals surface area contributed by atoms with Crippen molar-refractivity contribution in [2.45, 2.75) is 463 Å². The standard InChI is InChI=1S/C77H150O6/c1-4-7-10-13-16-19-22-25-28-31-33-35-36-37-38-39-40-42-43-46-49-52-55-58-61-64-67-70-76(79)82-73-74(72-81-75(78)69-66-63-60-57-54-51-48-45-30-27-24-21-18-15-12-9-6-3)83-77(80)71-68-65-62-59-56-53-50-47-44-41-34-32-29-26-23-20-17-14-11-8-5-2/h74H,4-73H2,1-3H3. The molecule has 0 amide bonds. The summed E-state index contributed by atoms with van der Waals surface area (Å²) in [7, 11) is 0. The zero-order valence-corrected chi connectivity index (χ0v) is 57.0. The van der Waals surface area contributed by atoms with Crippen LogP contribution >= 0.6 is 0 Å². The molecule has 1 atom stereocenters. The van der Waals surface area contributed by atoms with E-state index in [2.05, 4.69) is 20.8 Å². The molecule has 0 aliphatic rings. The number of carbonyl (C=O) groups excluding carboxylic acids is 3. The Morgan fingerprint density at radius 3 is 0.482 bits per heavy atom. The van der Waals surface area contributed by atoms with Gasteiger partial charge in [-0.05, 0) is 19.3 Å². The molecule has 0 saturated carbocycles. The summed E-state index contributed by atoms with van der Waals surface area (Å²) in [6.07, 6.45) is 87.3. The molecule has 83 heavy (non-hydrogen) atoms. The maximum atomic E-state index is 13.0. The van der Waals surface area contributed by atoms with Gasteiger partial charge in [0.05, 0.1) is 0 Å². The van der Waals surface area contributed by atoms with Crippen molar-refractivity contribution in [3.8, 4) is 0 Å². The van der Waals surface area contributed by atoms with Crippen LogP contribution in [0.5, 0.6) is 0 Å². The van der Waals surface area contributed by atoms with Gasteiger partial charge in [0.25, 0.3) is 0 Å². The number of ether oxygens (including phenoxy) is 3. The number of hydrogen-bond acceptors (Lipinski definition) is 6. The maximum Gasteiger partial charge on any atom is 0.306 e. The highest BCUT2D eigenvalue weighted by Crippen LogP contribution is 2.20. The van der Waals surface area contributed by atoms with Crippen LogP contribution in [-0.4, -0.2) is 37.2 Å². The van der Waals surface area contributed by atoms with Crippen LogP contribution in [0.25, 0.3) is 0 Å². The first-order chi connectivity index (χ1) is 41.0. The molecule has 494 valence electrons. The second-order valence-electron chi connectivity index (χ2n) is 26.6. The fourth-order valence-corrected chi connectivity index (χ4v) is 12.3. The summed E-state index contributed by atoms with van der Waals surface area (Å²) >= 11 is 0. The van der Waals surface area contributed by atoms with Gasteiger partial charge >= 0.3 is 17.9 Å². The molecule has 0 rings (SSSR count). The third kappa shape index (κ3) is 71.1. The fourth-order valence-electron chi connectivity index (χ4n) is 12.3. The van der Waals surface area contributed by atoms with E-state index < -0.39 is 6.10 Å². The Morgan fingerprint density at radius 1 is 0.193 bits per heavy atom. The van der Waals surface area contributed by atoms with E-state index in [1.807, 2.05) is 0 Å². The minimum atomic E-state index is -0.764. The van der Waals surface area contributed by atoms with Crippen LogP contribution in [0.15, 0.2) is 0 Å². The van der Waals surface area contributed by atoms with Crippen molar-refractivity contribution in [1.29, 1.82) is 0 Å². The molecular weight excluding hydrogens is 1020 g/mol. The van der Waals surface area contributed by atoms with E-state index in [0.717, 1.165) is 57.8 Å². The molecular formula is C77H150O6. The lowest BCUT2D eigenvalue weighted by atomic mass is 10.0. The van der Waals surface area contributed by atoms with Crippen molar-refractivity contribution in [1.82, 2.24) is 0 Å². The van der Waals surface area contributed by atoms with E-state index in [-0.39, 0.29) is 31.1 Å². The minimum Gasteiger partial charge on any atom is -0.462 e. The highest BCUT2D eigenvalue weighted by atomic mass is 16.6. The molecule has 0 aromatic carbocycles. The van der Waals surface area contributed by atoms with Crippen LogP contribution in [0, 0.1) is 0 Å². The first kappa shape index (κ1) is 81.4. The molecule has 6 nitrogen and oxygen atoms in total. The van der Waals surface area contributed by atoms with E-state index in [1.54, 1.807) is 0 Å². The van der Waals surface area contributed by atoms with Gasteiger partial charge in [0.1, 0.15) is 13.2 Å². The summed E-state index contributed by atoms with van der Waals surface area (Å²) in [6.45, 7) is 6.76. The smallest absolute Gasteiger partial charge is 0.306 e. The molecule has 0 fully saturated rings. The van der Waals surface area contributed by atoms with Crippen molar-refractivity contribution in [3.05, 3.63) is 0 Å². The summed E-state index contributed by atoms with van der Waals surface area (Å²) in [5, 5.41) is 0. The highest BCUT2D eigenvalue weighted by Gasteiger charge is 2.20. The Kier molecular flexibility index (Phi) is 71.5. The zero-order chi connectivity index (χ0) is 59.9. The lowest BCUT2D eigenvalue weighted by Crippen LogP contribution is -2.30. The Labute approximate surface area is 520 Å². The quantitative estimate of drug-likeness (QED) is 0.0343. The number of esters is 3. The zero-order valence-electron chi connectivity index (χ0n) is 57.0. The van der Waals surface area contributed by atoms with E-state index in [4.69, 9.17) is 14.2 Å². The van der Waals surface area contributed by atoms with Gasteiger partial charge in [-0.25, -0.2) is 0 Å². The average Bonchev–Trinajstić information content (AvgIpc) is 3.49. The third-order valence-electron chi connectivity index (χ3n) is 18.1. The van der Waals surface area contributed by atoms with Crippen LogP contribution < -0.4 is 0 Å². The first-order valence-electron chi connectivity index (χ1n) is 38.5. The van der Waals surface area contributed by atoms with E-state index >= 15 is 0 Å². The summed E-state index contributed by atoms with van der Waals surface area (Å²) < 4.78 is 17.1. The molecule has 0 spiro atoms. The normalized spacial score (nSPS) is 11.9. The van der Waals surface area contributed by atoms with Gasteiger partial charge in [-0.3, -0.25) is 14.4 Å². The molecule has 0 bridgehead atoms. The van der Waals surface area contributed by atoms with Gasteiger partial charge in [0.15, 0.2) is 6.10 Å². The third-order valence-corrected chi connectivity index (χ3v) is 18.1. The van der Waals surface area contributed by atoms with Crippen molar-refractivity contribution in [2.75, 3.05) is 13.2 Å². The van der Waals surface area contributed by atoms with Crippen LogP contribution in [0.3, 0.4) is 0 Å². The van der Waals surface area contributed by atoms with Crippen LogP contribution in [0.2, 0.25) is 0 Å². The minimum absolute atomic E-state index is 0.0597. The van der Waals surface area contributed by atoms with E-state index in [0.29, 0.717) is 19.3 Å². The summed E-state index contributed by atoms with van der Waals surface area (Å²) in [5.74, 6) is -0.813. The lowest BCUT2D eigenvalue weighted by molar-refractivity contribution is -0.167. The Balaban J connectivity index is 4.21. The van der Waals surface area contributed by atoms with Gasteiger partial charge in [0, 0.05) is 19.3 Å². The maximum absolute atomic E-state index is 13.0. The molecule has 0 N–H and O–H groups in total. The molecule has 0 saturated heterocycles. The Bertz CT molecular complexity index is 1250. The van der Waals surface area contributed by atoms with Gasteiger partial charge in [-0.15, -0.1) is 0 Å². The molecule has 0 aromatic heterocycles. The number of rotatable bonds is 73. The lowest BCUT2D eigenvalue weighted by Gasteiger charge is -2.18. The SMILES string of the molecule is CCCCCCCCCCCCCCCCCCCCCCCCCCCCCC(=O)OCC(COC(=O)CCCCCCCCCCCCCCCCCCC)OC(=O)CCCCCCCCCCCCCCCCCCCCCCC. The van der Waals surface area contributed by atoms with Crippen molar-refractivity contribution in [2.24, 2.45) is 0 Å². The second-order valence-corrected chi connectivity index (χ2v) is 26.6. The van der Waals surface area contributed by atoms with E-state index in [9.17, 15) is 14.4 Å². The first-order valence-corrected chi connectivity index (χ1v) is 38.5. The second kappa shape index (κ2) is 72.9. The summed E-state index contributed by atoms with van der Waals surface area (Å²) in [4.78, 5) is 38.6. The summed E-state index contributed by atoms with van der Waals surface area (Å²) in [6, 6.07) is 0. The number of carbonyl (C=O) groups is 3. The average molecular weight is 1170 g/mol. The van der Waals surface area contributed by atoms with E-state index in [1.165, 1.54) is 360 Å². The Morgan fingerprint density at radius 2 is 0.325 bits per heavy atom. The largest absolute Gasteiger partial charge is 0.462 e. The summed E-state index contributed by atoms with van der Waals surface area (Å²) in [5.41, 5.74) is 0. The van der Waals surface area contributed by atoms with Crippen LogP contribution in [0.4, 0.5) is 0 Å². The van der Waals surface area contributed by atoms with Crippen molar-refractivity contribution >= 4 is 17.9 Å². The van der Waals surface area contributed by atoms with Gasteiger partial charge in [-0.1, -0.05) is 419 Å². The number of hydrogen-bond donors (Lipinski definition) is 0. The van der Waals surface area contributed by atoms with Gasteiger partial charge < -0.3 is 14.2 Å². The monoisotopic (exact) mass is 1170 g/mol. The Hall–Kier alpha value is -1.59.